The van der Waals surface area contributed by atoms with Gasteiger partial charge in [0, 0.05) is 35.6 Å². The smallest absolute Gasteiger partial charge is 0.224 e. The largest absolute Gasteiger partial charge is 0.391 e. The van der Waals surface area contributed by atoms with Crippen molar-refractivity contribution < 1.29 is 9.90 Å². The van der Waals surface area contributed by atoms with Crippen LogP contribution in [0.25, 0.3) is 0 Å². The number of hydrogen-bond donors (Lipinski definition) is 3. The average Bonchev–Trinajstić information content (AvgIpc) is 2.77. The third-order valence-electron chi connectivity index (χ3n) is 3.26. The third-order valence-corrected chi connectivity index (χ3v) is 3.97. The van der Waals surface area contributed by atoms with Crippen molar-refractivity contribution in [1.29, 1.82) is 0 Å². The van der Waals surface area contributed by atoms with E-state index in [1.54, 1.807) is 18.2 Å². The lowest BCUT2D eigenvalue weighted by molar-refractivity contribution is -0.120. The molecule has 4 nitrogen and oxygen atoms in total. The molecular formula is C13H16Cl2N2O2. The Balaban J connectivity index is 1.87. The summed E-state index contributed by atoms with van der Waals surface area (Å²) in [6.07, 6.45) is -0.251. The fourth-order valence-corrected chi connectivity index (χ4v) is 2.63. The van der Waals surface area contributed by atoms with E-state index in [1.165, 1.54) is 0 Å². The van der Waals surface area contributed by atoms with Crippen molar-refractivity contribution in [2.45, 2.75) is 12.5 Å². The molecule has 1 fully saturated rings. The van der Waals surface area contributed by atoms with Crippen LogP contribution >= 0.6 is 23.2 Å². The van der Waals surface area contributed by atoms with Gasteiger partial charge in [-0.2, -0.15) is 0 Å². The van der Waals surface area contributed by atoms with Gasteiger partial charge in [-0.15, -0.1) is 0 Å². The second-order valence-corrected chi connectivity index (χ2v) is 5.48. The molecule has 19 heavy (non-hydrogen) atoms. The predicted octanol–water partition coefficient (Wildman–Crippen LogP) is 1.23. The molecule has 2 rings (SSSR count). The van der Waals surface area contributed by atoms with Crippen LogP contribution in [0, 0.1) is 5.92 Å². The van der Waals surface area contributed by atoms with E-state index in [9.17, 15) is 9.90 Å². The second kappa shape index (κ2) is 6.57. The predicted molar refractivity (Wildman–Crippen MR) is 75.5 cm³/mol. The Labute approximate surface area is 122 Å². The first-order valence-corrected chi connectivity index (χ1v) is 6.92. The van der Waals surface area contributed by atoms with E-state index >= 15 is 0 Å². The number of β-amino-alcohol motifs (C(OH)–C–C–N with tert-alkyl or cyclic N) is 1. The molecule has 1 saturated heterocycles. The highest BCUT2D eigenvalue weighted by atomic mass is 35.5. The SMILES string of the molecule is O=C(Cc1c(Cl)cccc1Cl)NCC1CNCC1O. The maximum atomic E-state index is 11.8. The van der Waals surface area contributed by atoms with Crippen LogP contribution in [0.2, 0.25) is 10.0 Å². The number of amides is 1. The zero-order valence-corrected chi connectivity index (χ0v) is 11.8. The summed E-state index contributed by atoms with van der Waals surface area (Å²) in [6.45, 7) is 1.75. The minimum Gasteiger partial charge on any atom is -0.391 e. The minimum absolute atomic E-state index is 0.0608. The van der Waals surface area contributed by atoms with Crippen molar-refractivity contribution in [3.63, 3.8) is 0 Å². The van der Waals surface area contributed by atoms with E-state index < -0.39 is 6.10 Å². The molecule has 1 aromatic carbocycles. The fourth-order valence-electron chi connectivity index (χ4n) is 2.10. The van der Waals surface area contributed by atoms with Crippen molar-refractivity contribution in [1.82, 2.24) is 10.6 Å². The van der Waals surface area contributed by atoms with Gasteiger partial charge in [-0.05, 0) is 17.7 Å². The first kappa shape index (κ1) is 14.6. The Hall–Kier alpha value is -0.810. The molecule has 2 unspecified atom stereocenters. The molecule has 104 valence electrons. The van der Waals surface area contributed by atoms with Gasteiger partial charge in [0.05, 0.1) is 12.5 Å². The van der Waals surface area contributed by atoms with Gasteiger partial charge in [-0.25, -0.2) is 0 Å². The molecule has 1 heterocycles. The monoisotopic (exact) mass is 302 g/mol. The number of rotatable bonds is 4. The van der Waals surface area contributed by atoms with E-state index in [0.29, 0.717) is 35.2 Å². The van der Waals surface area contributed by atoms with Gasteiger partial charge in [0.1, 0.15) is 0 Å². The number of aliphatic hydroxyl groups excluding tert-OH is 1. The molecule has 1 aromatic rings. The van der Waals surface area contributed by atoms with Crippen molar-refractivity contribution in [2.24, 2.45) is 5.92 Å². The molecule has 3 N–H and O–H groups in total. The highest BCUT2D eigenvalue weighted by Gasteiger charge is 2.25. The number of nitrogens with one attached hydrogen (secondary N) is 2. The van der Waals surface area contributed by atoms with Gasteiger partial charge in [0.2, 0.25) is 5.91 Å². The van der Waals surface area contributed by atoms with Gasteiger partial charge >= 0.3 is 0 Å². The molecular weight excluding hydrogens is 287 g/mol. The molecule has 0 saturated carbocycles. The normalized spacial score (nSPS) is 22.5. The number of halogens is 2. The van der Waals surface area contributed by atoms with Crippen molar-refractivity contribution in [2.75, 3.05) is 19.6 Å². The van der Waals surface area contributed by atoms with E-state index in [1.807, 2.05) is 0 Å². The van der Waals surface area contributed by atoms with Crippen LogP contribution in [-0.2, 0) is 11.2 Å². The Kier molecular flexibility index (Phi) is 5.05. The fraction of sp³-hybridized carbons (Fsp3) is 0.462. The summed E-state index contributed by atoms with van der Waals surface area (Å²) in [4.78, 5) is 11.8. The standard InChI is InChI=1S/C13H16Cl2N2O2/c14-10-2-1-3-11(15)9(10)4-13(19)17-6-8-5-16-7-12(8)18/h1-3,8,12,16,18H,4-7H2,(H,17,19). The zero-order chi connectivity index (χ0) is 13.8. The summed E-state index contributed by atoms with van der Waals surface area (Å²) in [7, 11) is 0. The molecule has 2 atom stereocenters. The molecule has 0 radical (unpaired) electrons. The average molecular weight is 303 g/mol. The van der Waals surface area contributed by atoms with Crippen molar-refractivity contribution in [3.8, 4) is 0 Å². The molecule has 0 aromatic heterocycles. The number of carbonyl (C=O) groups excluding carboxylic acids is 1. The molecule has 0 bridgehead atoms. The first-order valence-electron chi connectivity index (χ1n) is 6.16. The summed E-state index contributed by atoms with van der Waals surface area (Å²) in [5.74, 6) is -0.0835. The third kappa shape index (κ3) is 3.83. The van der Waals surface area contributed by atoms with Crippen LogP contribution in [0.1, 0.15) is 5.56 Å². The number of benzene rings is 1. The van der Waals surface area contributed by atoms with E-state index in [4.69, 9.17) is 23.2 Å². The number of aliphatic hydroxyl groups is 1. The number of hydrogen-bond acceptors (Lipinski definition) is 3. The number of carbonyl (C=O) groups is 1. The highest BCUT2D eigenvalue weighted by molar-refractivity contribution is 6.36. The summed E-state index contributed by atoms with van der Waals surface area (Å²) in [6, 6.07) is 5.16. The van der Waals surface area contributed by atoms with Gasteiger partial charge < -0.3 is 15.7 Å². The van der Waals surface area contributed by atoms with Gasteiger partial charge in [0.25, 0.3) is 0 Å². The van der Waals surface area contributed by atoms with E-state index in [0.717, 1.165) is 0 Å². The second-order valence-electron chi connectivity index (χ2n) is 4.67. The van der Waals surface area contributed by atoms with Crippen molar-refractivity contribution in [3.05, 3.63) is 33.8 Å². The lowest BCUT2D eigenvalue weighted by Gasteiger charge is -2.14. The Bertz CT molecular complexity index is 448. The molecule has 1 aliphatic rings. The van der Waals surface area contributed by atoms with Crippen LogP contribution in [0.3, 0.4) is 0 Å². The van der Waals surface area contributed by atoms with Crippen LogP contribution in [0.5, 0.6) is 0 Å². The van der Waals surface area contributed by atoms with Crippen LogP contribution in [-0.4, -0.2) is 36.8 Å². The molecule has 0 aliphatic carbocycles. The maximum Gasteiger partial charge on any atom is 0.224 e. The van der Waals surface area contributed by atoms with E-state index in [-0.39, 0.29) is 18.2 Å². The Morgan fingerprint density at radius 2 is 2.05 bits per heavy atom. The lowest BCUT2D eigenvalue weighted by atomic mass is 10.1. The summed E-state index contributed by atoms with van der Waals surface area (Å²) in [5.41, 5.74) is 0.633. The molecule has 1 aliphatic heterocycles. The van der Waals surface area contributed by atoms with Crippen molar-refractivity contribution >= 4 is 29.1 Å². The lowest BCUT2D eigenvalue weighted by Crippen LogP contribution is -2.35. The maximum absolute atomic E-state index is 11.8. The summed E-state index contributed by atoms with van der Waals surface area (Å²) in [5, 5.41) is 16.5. The summed E-state index contributed by atoms with van der Waals surface area (Å²) < 4.78 is 0. The van der Waals surface area contributed by atoms with E-state index in [2.05, 4.69) is 10.6 Å². The summed E-state index contributed by atoms with van der Waals surface area (Å²) >= 11 is 12.0. The van der Waals surface area contributed by atoms with Gasteiger partial charge in [-0.1, -0.05) is 29.3 Å². The first-order chi connectivity index (χ1) is 9.08. The van der Waals surface area contributed by atoms with Crippen LogP contribution in [0.4, 0.5) is 0 Å². The highest BCUT2D eigenvalue weighted by Crippen LogP contribution is 2.24. The molecule has 6 heteroatoms. The molecule has 0 spiro atoms. The van der Waals surface area contributed by atoms with Crippen LogP contribution in [0.15, 0.2) is 18.2 Å². The Morgan fingerprint density at radius 1 is 1.37 bits per heavy atom. The van der Waals surface area contributed by atoms with Gasteiger partial charge in [0.15, 0.2) is 0 Å². The van der Waals surface area contributed by atoms with Gasteiger partial charge in [-0.3, -0.25) is 4.79 Å². The van der Waals surface area contributed by atoms with Crippen LogP contribution < -0.4 is 10.6 Å². The molecule has 1 amide bonds. The zero-order valence-electron chi connectivity index (χ0n) is 10.3. The quantitative estimate of drug-likeness (QED) is 0.784. The topological polar surface area (TPSA) is 61.4 Å². The Morgan fingerprint density at radius 3 is 2.63 bits per heavy atom. The minimum atomic E-state index is -0.399.